The van der Waals surface area contributed by atoms with Crippen molar-refractivity contribution in [2.75, 3.05) is 45.2 Å². The topological polar surface area (TPSA) is 35.6 Å². The van der Waals surface area contributed by atoms with E-state index in [1.807, 2.05) is 16.7 Å². The van der Waals surface area contributed by atoms with E-state index in [0.717, 1.165) is 31.1 Å². The van der Waals surface area contributed by atoms with Crippen LogP contribution in [0.4, 0.5) is 0 Å². The third-order valence-electron chi connectivity index (χ3n) is 3.77. The average molecular weight is 257 g/mol. The molecule has 4 nitrogen and oxygen atoms in total. The third kappa shape index (κ3) is 2.95. The van der Waals surface area contributed by atoms with Crippen LogP contribution in [0.2, 0.25) is 0 Å². The van der Waals surface area contributed by atoms with Crippen LogP contribution in [0.25, 0.3) is 0 Å². The van der Waals surface area contributed by atoms with Crippen LogP contribution in [-0.4, -0.2) is 73.0 Å². The van der Waals surface area contributed by atoms with Crippen LogP contribution >= 0.6 is 11.8 Å². The molecule has 0 saturated carbocycles. The van der Waals surface area contributed by atoms with Crippen LogP contribution < -0.4 is 5.32 Å². The number of rotatable bonds is 2. The molecule has 2 fully saturated rings. The van der Waals surface area contributed by atoms with Crippen molar-refractivity contribution in [1.82, 2.24) is 15.1 Å². The molecule has 0 aromatic heterocycles. The van der Waals surface area contributed by atoms with Crippen molar-refractivity contribution >= 4 is 17.7 Å². The van der Waals surface area contributed by atoms with Crippen molar-refractivity contribution in [3.05, 3.63) is 0 Å². The maximum Gasteiger partial charge on any atom is 0.240 e. The van der Waals surface area contributed by atoms with Gasteiger partial charge >= 0.3 is 0 Å². The van der Waals surface area contributed by atoms with Gasteiger partial charge in [0.1, 0.15) is 0 Å². The van der Waals surface area contributed by atoms with E-state index in [1.165, 1.54) is 0 Å². The lowest BCUT2D eigenvalue weighted by molar-refractivity contribution is -0.132. The molecule has 1 N–H and O–H groups in total. The molecule has 0 aromatic rings. The summed E-state index contributed by atoms with van der Waals surface area (Å²) in [4.78, 5) is 16.6. The summed E-state index contributed by atoms with van der Waals surface area (Å²) >= 11 is 1.88. The van der Waals surface area contributed by atoms with Crippen molar-refractivity contribution in [3.8, 4) is 0 Å². The molecule has 0 aliphatic carbocycles. The Bertz CT molecular complexity index is 279. The van der Waals surface area contributed by atoms with Gasteiger partial charge in [0, 0.05) is 37.2 Å². The number of nitrogens with zero attached hydrogens (tertiary/aromatic N) is 2. The normalized spacial score (nSPS) is 34.4. The van der Waals surface area contributed by atoms with Crippen LogP contribution in [0.1, 0.15) is 6.92 Å². The molecule has 2 aliphatic heterocycles. The second-order valence-electron chi connectivity index (χ2n) is 5.33. The van der Waals surface area contributed by atoms with Gasteiger partial charge in [-0.1, -0.05) is 6.92 Å². The summed E-state index contributed by atoms with van der Waals surface area (Å²) < 4.78 is 0. The van der Waals surface area contributed by atoms with Gasteiger partial charge in [0.05, 0.1) is 6.04 Å². The highest BCUT2D eigenvalue weighted by atomic mass is 32.2. The quantitative estimate of drug-likeness (QED) is 0.761. The van der Waals surface area contributed by atoms with Crippen molar-refractivity contribution < 1.29 is 4.79 Å². The van der Waals surface area contributed by atoms with Gasteiger partial charge in [-0.3, -0.25) is 4.79 Å². The highest BCUT2D eigenvalue weighted by Gasteiger charge is 2.36. The number of hydrogen-bond donors (Lipinski definition) is 1. The van der Waals surface area contributed by atoms with E-state index in [9.17, 15) is 4.79 Å². The van der Waals surface area contributed by atoms with Gasteiger partial charge in [-0.2, -0.15) is 11.8 Å². The van der Waals surface area contributed by atoms with Crippen LogP contribution in [0.3, 0.4) is 0 Å². The van der Waals surface area contributed by atoms with Gasteiger partial charge in [-0.25, -0.2) is 0 Å². The fourth-order valence-corrected chi connectivity index (χ4v) is 3.67. The zero-order valence-electron chi connectivity index (χ0n) is 11.0. The predicted octanol–water partition coefficient (Wildman–Crippen LogP) is 0.0999. The molecule has 1 amide bonds. The molecule has 0 spiro atoms. The lowest BCUT2D eigenvalue weighted by atomic mass is 10.1. The van der Waals surface area contributed by atoms with E-state index in [1.54, 1.807) is 0 Å². The summed E-state index contributed by atoms with van der Waals surface area (Å²) in [6.07, 6.45) is 0. The zero-order chi connectivity index (χ0) is 12.4. The van der Waals surface area contributed by atoms with Gasteiger partial charge in [-0.05, 0) is 20.0 Å². The zero-order valence-corrected chi connectivity index (χ0v) is 11.8. The molecular weight excluding hydrogens is 234 g/mol. The summed E-state index contributed by atoms with van der Waals surface area (Å²) in [5.41, 5.74) is 0. The molecule has 0 radical (unpaired) electrons. The van der Waals surface area contributed by atoms with E-state index in [4.69, 9.17) is 0 Å². The Labute approximate surface area is 108 Å². The Kier molecular flexibility index (Phi) is 4.33. The number of likely N-dealkylation sites (N-methyl/N-ethyl adjacent to an activating group) is 1. The SMILES string of the molecule is CC1CN(C(=O)C2CSCCN2)CC1N(C)C. The first kappa shape index (κ1) is 13.2. The fraction of sp³-hybridized carbons (Fsp3) is 0.917. The second-order valence-corrected chi connectivity index (χ2v) is 6.48. The van der Waals surface area contributed by atoms with Crippen LogP contribution in [0, 0.1) is 5.92 Å². The number of hydrogen-bond acceptors (Lipinski definition) is 4. The van der Waals surface area contributed by atoms with E-state index in [2.05, 4.69) is 31.2 Å². The summed E-state index contributed by atoms with van der Waals surface area (Å²) in [6.45, 7) is 4.99. The molecule has 2 saturated heterocycles. The third-order valence-corrected chi connectivity index (χ3v) is 4.83. The van der Waals surface area contributed by atoms with E-state index in [0.29, 0.717) is 17.9 Å². The smallest absolute Gasteiger partial charge is 0.240 e. The molecule has 3 unspecified atom stereocenters. The monoisotopic (exact) mass is 257 g/mol. The first-order chi connectivity index (χ1) is 8.09. The number of carbonyl (C=O) groups is 1. The number of carbonyl (C=O) groups excluding carboxylic acids is 1. The maximum absolute atomic E-state index is 12.3. The lowest BCUT2D eigenvalue weighted by Crippen LogP contribution is -2.50. The molecule has 0 aromatic carbocycles. The minimum atomic E-state index is 0.0434. The van der Waals surface area contributed by atoms with Gasteiger partial charge in [0.15, 0.2) is 0 Å². The summed E-state index contributed by atoms with van der Waals surface area (Å²) in [7, 11) is 4.20. The summed E-state index contributed by atoms with van der Waals surface area (Å²) in [5, 5.41) is 3.33. The highest BCUT2D eigenvalue weighted by Crippen LogP contribution is 2.21. The Balaban J connectivity index is 1.92. The number of amides is 1. The molecule has 98 valence electrons. The van der Waals surface area contributed by atoms with Crippen molar-refractivity contribution in [1.29, 1.82) is 0 Å². The number of likely N-dealkylation sites (tertiary alicyclic amines) is 1. The van der Waals surface area contributed by atoms with Gasteiger partial charge < -0.3 is 15.1 Å². The van der Waals surface area contributed by atoms with E-state index >= 15 is 0 Å². The van der Waals surface area contributed by atoms with Gasteiger partial charge in [0.2, 0.25) is 5.91 Å². The largest absolute Gasteiger partial charge is 0.339 e. The number of thioether (sulfide) groups is 1. The van der Waals surface area contributed by atoms with Crippen molar-refractivity contribution in [2.24, 2.45) is 5.92 Å². The average Bonchev–Trinajstić information content (AvgIpc) is 2.71. The molecular formula is C12H23N3OS. The lowest BCUT2D eigenvalue weighted by Gasteiger charge is -2.27. The number of nitrogens with one attached hydrogen (secondary N) is 1. The molecule has 5 heteroatoms. The van der Waals surface area contributed by atoms with E-state index in [-0.39, 0.29) is 6.04 Å². The maximum atomic E-state index is 12.3. The minimum absolute atomic E-state index is 0.0434. The first-order valence-corrected chi connectivity index (χ1v) is 7.51. The predicted molar refractivity (Wildman–Crippen MR) is 72.3 cm³/mol. The minimum Gasteiger partial charge on any atom is -0.339 e. The standard InChI is InChI=1S/C12H23N3OS/c1-9-6-15(7-11(9)14(2)3)12(16)10-8-17-5-4-13-10/h9-11,13H,4-8H2,1-3H3. The Morgan fingerprint density at radius 1 is 1.41 bits per heavy atom. The summed E-state index contributed by atoms with van der Waals surface area (Å²) in [6, 6.07) is 0.553. The second kappa shape index (κ2) is 5.59. The highest BCUT2D eigenvalue weighted by molar-refractivity contribution is 7.99. The summed E-state index contributed by atoms with van der Waals surface area (Å²) in [5.74, 6) is 2.93. The van der Waals surface area contributed by atoms with Gasteiger partial charge in [-0.15, -0.1) is 0 Å². The van der Waals surface area contributed by atoms with Crippen LogP contribution in [0.5, 0.6) is 0 Å². The van der Waals surface area contributed by atoms with Gasteiger partial charge in [0.25, 0.3) is 0 Å². The first-order valence-electron chi connectivity index (χ1n) is 6.36. The Hall–Kier alpha value is -0.260. The molecule has 0 bridgehead atoms. The fourth-order valence-electron chi connectivity index (χ4n) is 2.75. The molecule has 2 heterocycles. The molecule has 2 aliphatic rings. The van der Waals surface area contributed by atoms with Crippen molar-refractivity contribution in [2.45, 2.75) is 19.0 Å². The van der Waals surface area contributed by atoms with Crippen molar-refractivity contribution in [3.63, 3.8) is 0 Å². The Morgan fingerprint density at radius 3 is 2.71 bits per heavy atom. The molecule has 17 heavy (non-hydrogen) atoms. The van der Waals surface area contributed by atoms with Crippen LogP contribution in [0.15, 0.2) is 0 Å². The molecule has 3 atom stereocenters. The molecule has 2 rings (SSSR count). The Morgan fingerprint density at radius 2 is 2.18 bits per heavy atom. The van der Waals surface area contributed by atoms with Crippen LogP contribution in [-0.2, 0) is 4.79 Å². The van der Waals surface area contributed by atoms with E-state index < -0.39 is 0 Å².